The Bertz CT molecular complexity index is 748. The quantitative estimate of drug-likeness (QED) is 0.0421. The van der Waals surface area contributed by atoms with Gasteiger partial charge in [-0.15, -0.1) is 0 Å². The van der Waals surface area contributed by atoms with Gasteiger partial charge in [0.15, 0.2) is 0 Å². The highest BCUT2D eigenvalue weighted by atomic mass is 16.6. The number of nitrogens with one attached hydrogen (secondary N) is 4. The van der Waals surface area contributed by atoms with Crippen molar-refractivity contribution in [3.05, 3.63) is 0 Å². The van der Waals surface area contributed by atoms with Crippen molar-refractivity contribution in [2.75, 3.05) is 52.8 Å². The highest BCUT2D eigenvalue weighted by Crippen LogP contribution is 2.22. The maximum atomic E-state index is 12.3. The van der Waals surface area contributed by atoms with Gasteiger partial charge in [-0.05, 0) is 0 Å². The van der Waals surface area contributed by atoms with E-state index in [9.17, 15) is 29.1 Å². The van der Waals surface area contributed by atoms with Gasteiger partial charge < -0.3 is 51.6 Å². The number of nitrogens with two attached hydrogens (primary N) is 2. The lowest BCUT2D eigenvalue weighted by molar-refractivity contribution is -0.140. The van der Waals surface area contributed by atoms with Crippen LogP contribution >= 0.6 is 0 Å². The molecular formula is C18H32N6O11. The first-order valence-electron chi connectivity index (χ1n) is 10.5. The first kappa shape index (κ1) is 30.1. The van der Waals surface area contributed by atoms with Crippen molar-refractivity contribution in [2.24, 2.45) is 11.5 Å². The molecule has 35 heavy (non-hydrogen) atoms. The second-order valence-electron chi connectivity index (χ2n) is 7.35. The van der Waals surface area contributed by atoms with Gasteiger partial charge in [0.05, 0.1) is 39.5 Å². The zero-order valence-corrected chi connectivity index (χ0v) is 18.9. The molecule has 1 aliphatic rings. The molecule has 1 unspecified atom stereocenters. The Morgan fingerprint density at radius 3 is 2.00 bits per heavy atom. The summed E-state index contributed by atoms with van der Waals surface area (Å²) in [5, 5.41) is 37.2. The van der Waals surface area contributed by atoms with E-state index in [2.05, 4.69) is 21.3 Å². The predicted octanol–water partition coefficient (Wildman–Crippen LogP) is -6.35. The van der Waals surface area contributed by atoms with E-state index in [1.807, 2.05) is 0 Å². The topological polar surface area (TPSA) is 277 Å². The van der Waals surface area contributed by atoms with Gasteiger partial charge in [0.2, 0.25) is 29.5 Å². The molecule has 0 bridgehead atoms. The summed E-state index contributed by atoms with van der Waals surface area (Å²) in [5.74, 6) is -5.70. The van der Waals surface area contributed by atoms with E-state index in [4.69, 9.17) is 35.9 Å². The van der Waals surface area contributed by atoms with Crippen molar-refractivity contribution >= 4 is 29.6 Å². The first-order valence-corrected chi connectivity index (χ1v) is 10.5. The van der Waals surface area contributed by atoms with Crippen LogP contribution in [0.4, 0.5) is 0 Å². The third-order valence-corrected chi connectivity index (χ3v) is 4.48. The fourth-order valence-corrected chi connectivity index (χ4v) is 2.63. The third-order valence-electron chi connectivity index (χ3n) is 4.48. The summed E-state index contributed by atoms with van der Waals surface area (Å²) in [6, 6.07) is -3.60. The molecule has 0 aliphatic carbocycles. The molecule has 0 aromatic rings. The average molecular weight is 508 g/mol. The van der Waals surface area contributed by atoms with Crippen LogP contribution in [0.2, 0.25) is 0 Å². The molecule has 17 heteroatoms. The number of aliphatic carboxylic acids is 1. The van der Waals surface area contributed by atoms with E-state index in [1.54, 1.807) is 0 Å². The van der Waals surface area contributed by atoms with E-state index in [-0.39, 0.29) is 39.6 Å². The summed E-state index contributed by atoms with van der Waals surface area (Å²) >= 11 is 0. The van der Waals surface area contributed by atoms with Crippen LogP contribution in [0.3, 0.4) is 0 Å². The summed E-state index contributed by atoms with van der Waals surface area (Å²) in [7, 11) is 0. The number of carboxylic acid groups (broad SMARTS) is 1. The first-order chi connectivity index (χ1) is 16.5. The zero-order chi connectivity index (χ0) is 26.4. The van der Waals surface area contributed by atoms with Crippen LogP contribution in [0.5, 0.6) is 0 Å². The molecule has 1 aliphatic heterocycles. The maximum absolute atomic E-state index is 12.3. The number of carbonyl (C=O) groups excluding carboxylic acids is 4. The Hall–Kier alpha value is -2.93. The van der Waals surface area contributed by atoms with Crippen LogP contribution in [0.25, 0.3) is 0 Å². The standard InChI is InChI=1S/C18H32N6O11/c19-15(30)10(5-14(28)29)23-18(9-35-18)24-12(7-26)17(32)21-1-2-33-3-4-34-8-13(27)22-11(6-25)16(20)31/h10-12,23-26H,1-9H2,(H2,19,30)(H2,20,31)(H,21,32)(H,22,27)(H,28,29)/t10-,11+,12-,18?/m1/s1. The molecule has 1 heterocycles. The second kappa shape index (κ2) is 15.1. The molecule has 0 aromatic heterocycles. The van der Waals surface area contributed by atoms with Gasteiger partial charge in [0, 0.05) is 6.54 Å². The SMILES string of the molecule is NC(=O)[C@H](CO)NC(=O)COCCOCCNC(=O)[C@@H](CO)NC1(N[C@H](CC(=O)O)C(N)=O)CO1. The van der Waals surface area contributed by atoms with E-state index in [0.717, 1.165) is 0 Å². The van der Waals surface area contributed by atoms with Crippen LogP contribution in [0.1, 0.15) is 6.42 Å². The van der Waals surface area contributed by atoms with Crippen molar-refractivity contribution < 1.29 is 53.5 Å². The minimum Gasteiger partial charge on any atom is -0.481 e. The van der Waals surface area contributed by atoms with Crippen molar-refractivity contribution in [3.63, 3.8) is 0 Å². The number of hydrogen-bond acceptors (Lipinski definition) is 12. The molecule has 1 rings (SSSR count). The van der Waals surface area contributed by atoms with Crippen LogP contribution in [-0.2, 0) is 38.2 Å². The Labute approximate surface area is 199 Å². The largest absolute Gasteiger partial charge is 0.481 e. The van der Waals surface area contributed by atoms with E-state index in [0.29, 0.717) is 0 Å². The zero-order valence-electron chi connectivity index (χ0n) is 18.9. The number of hydrogen-bond donors (Lipinski definition) is 9. The number of primary amides is 2. The van der Waals surface area contributed by atoms with Crippen LogP contribution in [-0.4, -0.2) is 122 Å². The van der Waals surface area contributed by atoms with E-state index in [1.165, 1.54) is 0 Å². The maximum Gasteiger partial charge on any atom is 0.305 e. The number of amides is 4. The summed E-state index contributed by atoms with van der Waals surface area (Å²) < 4.78 is 15.4. The highest BCUT2D eigenvalue weighted by Gasteiger charge is 2.49. The van der Waals surface area contributed by atoms with Crippen LogP contribution in [0, 0.1) is 0 Å². The van der Waals surface area contributed by atoms with E-state index < -0.39 is 73.2 Å². The van der Waals surface area contributed by atoms with Gasteiger partial charge in [-0.25, -0.2) is 0 Å². The fourth-order valence-electron chi connectivity index (χ4n) is 2.63. The fraction of sp³-hybridized carbons (Fsp3) is 0.722. The number of carbonyl (C=O) groups is 5. The molecular weight excluding hydrogens is 476 g/mol. The molecule has 0 saturated carbocycles. The summed E-state index contributed by atoms with van der Waals surface area (Å²) in [5.41, 5.74) is 10.2. The van der Waals surface area contributed by atoms with Crippen molar-refractivity contribution in [3.8, 4) is 0 Å². The lowest BCUT2D eigenvalue weighted by Crippen LogP contribution is -2.61. The normalized spacial score (nSPS) is 19.3. The van der Waals surface area contributed by atoms with Crippen molar-refractivity contribution in [2.45, 2.75) is 30.4 Å². The number of ether oxygens (including phenoxy) is 3. The lowest BCUT2D eigenvalue weighted by Gasteiger charge is -2.25. The summed E-state index contributed by atoms with van der Waals surface area (Å²) in [4.78, 5) is 57.0. The average Bonchev–Trinajstić information content (AvgIpc) is 3.55. The number of aliphatic hydroxyl groups excluding tert-OH is 2. The van der Waals surface area contributed by atoms with Crippen molar-refractivity contribution in [1.82, 2.24) is 21.3 Å². The molecule has 200 valence electrons. The van der Waals surface area contributed by atoms with Crippen molar-refractivity contribution in [1.29, 1.82) is 0 Å². The van der Waals surface area contributed by atoms with Crippen LogP contribution < -0.4 is 32.7 Å². The molecule has 0 radical (unpaired) electrons. The van der Waals surface area contributed by atoms with Gasteiger partial charge >= 0.3 is 5.97 Å². The predicted molar refractivity (Wildman–Crippen MR) is 114 cm³/mol. The number of epoxide rings is 1. The molecule has 0 spiro atoms. The van der Waals surface area contributed by atoms with Crippen LogP contribution in [0.15, 0.2) is 0 Å². The van der Waals surface area contributed by atoms with Gasteiger partial charge in [0.25, 0.3) is 0 Å². The number of aliphatic hydroxyl groups is 2. The molecule has 4 amide bonds. The van der Waals surface area contributed by atoms with E-state index >= 15 is 0 Å². The molecule has 11 N–H and O–H groups in total. The Kier molecular flexibility index (Phi) is 13.0. The lowest BCUT2D eigenvalue weighted by atomic mass is 10.2. The summed E-state index contributed by atoms with van der Waals surface area (Å²) in [6.07, 6.45) is -0.597. The van der Waals surface area contributed by atoms with Gasteiger partial charge in [-0.3, -0.25) is 34.6 Å². The minimum absolute atomic E-state index is 0.00446. The summed E-state index contributed by atoms with van der Waals surface area (Å²) in [6.45, 7) is -1.36. The second-order valence-corrected chi connectivity index (χ2v) is 7.35. The Balaban J connectivity index is 2.25. The van der Waals surface area contributed by atoms with Gasteiger partial charge in [-0.1, -0.05) is 0 Å². The smallest absolute Gasteiger partial charge is 0.305 e. The number of carboxylic acids is 1. The molecule has 1 saturated heterocycles. The van der Waals surface area contributed by atoms with Gasteiger partial charge in [-0.2, -0.15) is 0 Å². The van der Waals surface area contributed by atoms with Gasteiger partial charge in [0.1, 0.15) is 31.3 Å². The molecule has 1 fully saturated rings. The molecule has 0 aromatic carbocycles. The number of rotatable bonds is 20. The minimum atomic E-state index is -1.38. The molecule has 17 nitrogen and oxygen atoms in total. The molecule has 4 atom stereocenters. The highest BCUT2D eigenvalue weighted by molar-refractivity contribution is 5.87. The Morgan fingerprint density at radius 2 is 1.49 bits per heavy atom. The third kappa shape index (κ3) is 11.9. The Morgan fingerprint density at radius 1 is 0.914 bits per heavy atom. The monoisotopic (exact) mass is 508 g/mol.